The molecule has 168 valence electrons. The van der Waals surface area contributed by atoms with E-state index in [0.717, 1.165) is 66.6 Å². The summed E-state index contributed by atoms with van der Waals surface area (Å²) in [6.45, 7) is 6.38. The molecular formula is C26H36N2O2S. The highest BCUT2D eigenvalue weighted by atomic mass is 32.2. The second-order valence-electron chi connectivity index (χ2n) is 9.10. The average molecular weight is 441 g/mol. The van der Waals surface area contributed by atoms with Crippen molar-refractivity contribution >= 4 is 21.2 Å². The SMILES string of the molecule is CCCCC1(CCCC)CS(=O)(=O)c2ccc(N(C)C)cc2C(c2cccc(C)c2)=N1. The molecule has 0 N–H and O–H groups in total. The van der Waals surface area contributed by atoms with Gasteiger partial charge in [-0.05, 0) is 44.0 Å². The zero-order valence-corrected chi connectivity index (χ0v) is 20.4. The number of sulfone groups is 1. The maximum absolute atomic E-state index is 13.7. The summed E-state index contributed by atoms with van der Waals surface area (Å²) in [5.41, 5.74) is 4.07. The Balaban J connectivity index is 2.33. The molecule has 5 heteroatoms. The first-order valence-electron chi connectivity index (χ1n) is 11.4. The molecule has 0 saturated carbocycles. The van der Waals surface area contributed by atoms with Crippen molar-refractivity contribution in [1.82, 2.24) is 0 Å². The van der Waals surface area contributed by atoms with Crippen LogP contribution in [0.25, 0.3) is 0 Å². The van der Waals surface area contributed by atoms with Gasteiger partial charge in [-0.15, -0.1) is 0 Å². The molecule has 0 aliphatic carbocycles. The van der Waals surface area contributed by atoms with Gasteiger partial charge in [0.25, 0.3) is 0 Å². The van der Waals surface area contributed by atoms with Crippen LogP contribution in [-0.2, 0) is 9.84 Å². The van der Waals surface area contributed by atoms with E-state index in [1.807, 2.05) is 37.2 Å². The maximum Gasteiger partial charge on any atom is 0.181 e. The molecule has 0 bridgehead atoms. The Bertz CT molecular complexity index is 1050. The van der Waals surface area contributed by atoms with Crippen LogP contribution < -0.4 is 4.90 Å². The van der Waals surface area contributed by atoms with Crippen molar-refractivity contribution in [2.24, 2.45) is 4.99 Å². The minimum absolute atomic E-state index is 0.0869. The Kier molecular flexibility index (Phi) is 7.25. The summed E-state index contributed by atoms with van der Waals surface area (Å²) < 4.78 is 27.3. The zero-order valence-electron chi connectivity index (χ0n) is 19.6. The molecule has 0 radical (unpaired) electrons. The van der Waals surface area contributed by atoms with Gasteiger partial charge >= 0.3 is 0 Å². The molecule has 2 aromatic carbocycles. The van der Waals surface area contributed by atoms with Gasteiger partial charge in [0, 0.05) is 30.9 Å². The molecule has 0 amide bonds. The number of unbranched alkanes of at least 4 members (excludes halogenated alkanes) is 2. The molecule has 1 heterocycles. The number of hydrogen-bond donors (Lipinski definition) is 0. The van der Waals surface area contributed by atoms with Crippen LogP contribution in [0, 0.1) is 6.92 Å². The number of rotatable bonds is 8. The topological polar surface area (TPSA) is 49.7 Å². The highest BCUT2D eigenvalue weighted by molar-refractivity contribution is 7.91. The fourth-order valence-corrected chi connectivity index (χ4v) is 6.40. The van der Waals surface area contributed by atoms with Crippen LogP contribution >= 0.6 is 0 Å². The van der Waals surface area contributed by atoms with Crippen molar-refractivity contribution in [2.75, 3.05) is 24.7 Å². The third-order valence-electron chi connectivity index (χ3n) is 6.16. The van der Waals surface area contributed by atoms with Crippen LogP contribution in [0.5, 0.6) is 0 Å². The van der Waals surface area contributed by atoms with Crippen molar-refractivity contribution in [3.8, 4) is 0 Å². The van der Waals surface area contributed by atoms with Gasteiger partial charge in [-0.1, -0.05) is 63.3 Å². The fourth-order valence-electron chi connectivity index (χ4n) is 4.42. The highest BCUT2D eigenvalue weighted by Gasteiger charge is 2.40. The molecular weight excluding hydrogens is 404 g/mol. The molecule has 1 aliphatic heterocycles. The number of aryl methyl sites for hydroxylation is 1. The van der Waals surface area contributed by atoms with Gasteiger partial charge in [-0.3, -0.25) is 4.99 Å². The van der Waals surface area contributed by atoms with E-state index in [1.54, 1.807) is 6.07 Å². The molecule has 0 aromatic heterocycles. The molecule has 0 spiro atoms. The molecule has 0 atom stereocenters. The first kappa shape index (κ1) is 23.5. The Morgan fingerprint density at radius 2 is 1.68 bits per heavy atom. The lowest BCUT2D eigenvalue weighted by atomic mass is 9.88. The summed E-state index contributed by atoms with van der Waals surface area (Å²) in [4.78, 5) is 7.77. The first-order valence-corrected chi connectivity index (χ1v) is 13.1. The fraction of sp³-hybridized carbons (Fsp3) is 0.500. The van der Waals surface area contributed by atoms with E-state index in [0.29, 0.717) is 4.90 Å². The van der Waals surface area contributed by atoms with Crippen LogP contribution in [0.4, 0.5) is 5.69 Å². The maximum atomic E-state index is 13.7. The summed E-state index contributed by atoms with van der Waals surface area (Å²) >= 11 is 0. The molecule has 0 fully saturated rings. The van der Waals surface area contributed by atoms with Crippen LogP contribution in [0.3, 0.4) is 0 Å². The minimum atomic E-state index is -3.47. The van der Waals surface area contributed by atoms with E-state index < -0.39 is 15.4 Å². The van der Waals surface area contributed by atoms with Crippen LogP contribution in [0.1, 0.15) is 69.1 Å². The Morgan fingerprint density at radius 1 is 1.00 bits per heavy atom. The van der Waals surface area contributed by atoms with E-state index in [-0.39, 0.29) is 5.75 Å². The lowest BCUT2D eigenvalue weighted by molar-refractivity contribution is 0.380. The van der Waals surface area contributed by atoms with Crippen molar-refractivity contribution in [1.29, 1.82) is 0 Å². The highest BCUT2D eigenvalue weighted by Crippen LogP contribution is 2.37. The summed E-state index contributed by atoms with van der Waals surface area (Å²) in [6.07, 6.45) is 5.60. The van der Waals surface area contributed by atoms with E-state index in [2.05, 4.69) is 39.0 Å². The zero-order chi connectivity index (χ0) is 22.6. The standard InChI is InChI=1S/C26H36N2O2S/c1-6-8-15-26(16-9-7-2)19-31(29,30)24-14-13-22(28(4)5)18-23(24)25(27-26)21-12-10-11-20(3)17-21/h10-14,17-18H,6-9,15-16,19H2,1-5H3. The number of benzene rings is 2. The number of nitrogens with zero attached hydrogens (tertiary/aromatic N) is 2. The summed E-state index contributed by atoms with van der Waals surface area (Å²) in [5, 5.41) is 0. The summed E-state index contributed by atoms with van der Waals surface area (Å²) in [5.74, 6) is 0.0869. The van der Waals surface area contributed by atoms with Gasteiger partial charge in [-0.25, -0.2) is 8.42 Å². The number of anilines is 1. The predicted octanol–water partition coefficient (Wildman–Crippen LogP) is 5.80. The number of aliphatic imine (C=N–C) groups is 1. The third-order valence-corrected chi connectivity index (χ3v) is 8.10. The summed E-state index contributed by atoms with van der Waals surface area (Å²) in [7, 11) is 0.477. The Morgan fingerprint density at radius 3 is 2.26 bits per heavy atom. The molecule has 1 aliphatic rings. The largest absolute Gasteiger partial charge is 0.378 e. The second kappa shape index (κ2) is 9.56. The molecule has 2 aromatic rings. The molecule has 3 rings (SSSR count). The number of fused-ring (bicyclic) bond motifs is 1. The van der Waals surface area contributed by atoms with Crippen molar-refractivity contribution in [2.45, 2.75) is 69.7 Å². The lowest BCUT2D eigenvalue weighted by Gasteiger charge is -2.29. The number of hydrogen-bond acceptors (Lipinski definition) is 4. The van der Waals surface area contributed by atoms with Crippen LogP contribution in [0.15, 0.2) is 52.4 Å². The quantitative estimate of drug-likeness (QED) is 0.521. The molecule has 31 heavy (non-hydrogen) atoms. The van der Waals surface area contributed by atoms with E-state index >= 15 is 0 Å². The van der Waals surface area contributed by atoms with E-state index in [9.17, 15) is 8.42 Å². The minimum Gasteiger partial charge on any atom is -0.378 e. The van der Waals surface area contributed by atoms with Crippen molar-refractivity contribution < 1.29 is 8.42 Å². The smallest absolute Gasteiger partial charge is 0.181 e. The molecule has 4 nitrogen and oxygen atoms in total. The van der Waals surface area contributed by atoms with E-state index in [1.165, 1.54) is 0 Å². The lowest BCUT2D eigenvalue weighted by Crippen LogP contribution is -2.35. The Hall–Kier alpha value is -2.14. The van der Waals surface area contributed by atoms with Gasteiger partial charge in [0.05, 0.1) is 21.9 Å². The monoisotopic (exact) mass is 440 g/mol. The average Bonchev–Trinajstić information content (AvgIpc) is 2.83. The third kappa shape index (κ3) is 5.20. The Labute approximate surface area is 188 Å². The van der Waals surface area contributed by atoms with Gasteiger partial charge in [0.2, 0.25) is 0 Å². The molecule has 0 unspecified atom stereocenters. The van der Waals surface area contributed by atoms with Crippen molar-refractivity contribution in [3.63, 3.8) is 0 Å². The summed E-state index contributed by atoms with van der Waals surface area (Å²) in [6, 6.07) is 13.9. The van der Waals surface area contributed by atoms with Crippen LogP contribution in [-0.4, -0.2) is 39.5 Å². The van der Waals surface area contributed by atoms with Gasteiger partial charge in [0.1, 0.15) is 0 Å². The van der Waals surface area contributed by atoms with Gasteiger partial charge in [-0.2, -0.15) is 0 Å². The first-order chi connectivity index (χ1) is 14.7. The molecule has 0 saturated heterocycles. The normalized spacial score (nSPS) is 16.9. The second-order valence-corrected chi connectivity index (χ2v) is 11.1. The van der Waals surface area contributed by atoms with Crippen LogP contribution in [0.2, 0.25) is 0 Å². The van der Waals surface area contributed by atoms with E-state index in [4.69, 9.17) is 4.99 Å². The van der Waals surface area contributed by atoms with Crippen molar-refractivity contribution in [3.05, 3.63) is 59.2 Å². The van der Waals surface area contributed by atoms with Gasteiger partial charge in [0.15, 0.2) is 9.84 Å². The predicted molar refractivity (Wildman–Crippen MR) is 131 cm³/mol. The van der Waals surface area contributed by atoms with Gasteiger partial charge < -0.3 is 4.90 Å².